The van der Waals surface area contributed by atoms with E-state index in [1.54, 1.807) is 18.2 Å². The molecule has 0 aromatic heterocycles. The summed E-state index contributed by atoms with van der Waals surface area (Å²) in [4.78, 5) is 26.3. The standard InChI is InChI=1S/C16H15Cl3N2O2/c17-11-7-6-9(8-12(11)18)20-14-13(19)15(22)21(16(14)23)10-4-2-1-3-5-10/h6-8,10,20H,1-5H2. The number of benzene rings is 1. The fourth-order valence-corrected chi connectivity index (χ4v) is 3.53. The van der Waals surface area contributed by atoms with Gasteiger partial charge in [-0.05, 0) is 31.0 Å². The van der Waals surface area contributed by atoms with Gasteiger partial charge < -0.3 is 5.32 Å². The quantitative estimate of drug-likeness (QED) is 0.790. The van der Waals surface area contributed by atoms with Crippen molar-refractivity contribution in [2.75, 3.05) is 5.32 Å². The van der Waals surface area contributed by atoms with Crippen LogP contribution in [0.15, 0.2) is 28.9 Å². The van der Waals surface area contributed by atoms with E-state index in [0.717, 1.165) is 32.1 Å². The smallest absolute Gasteiger partial charge is 0.279 e. The summed E-state index contributed by atoms with van der Waals surface area (Å²) in [5.74, 6) is -0.802. The maximum absolute atomic E-state index is 12.6. The van der Waals surface area contributed by atoms with E-state index in [4.69, 9.17) is 34.8 Å². The Bertz CT molecular complexity index is 697. The fraction of sp³-hybridized carbons (Fsp3) is 0.375. The van der Waals surface area contributed by atoms with Crippen molar-refractivity contribution in [2.45, 2.75) is 38.1 Å². The number of hydrogen-bond donors (Lipinski definition) is 1. The summed E-state index contributed by atoms with van der Waals surface area (Å²) in [5.41, 5.74) is 0.653. The van der Waals surface area contributed by atoms with Gasteiger partial charge in [0.15, 0.2) is 0 Å². The number of imide groups is 1. The minimum atomic E-state index is -0.425. The summed E-state index contributed by atoms with van der Waals surface area (Å²) < 4.78 is 0. The molecule has 1 heterocycles. The molecule has 1 fully saturated rings. The summed E-state index contributed by atoms with van der Waals surface area (Å²) in [6.45, 7) is 0. The number of nitrogens with one attached hydrogen (secondary N) is 1. The molecule has 4 nitrogen and oxygen atoms in total. The lowest BCUT2D eigenvalue weighted by Crippen LogP contribution is -2.42. The van der Waals surface area contributed by atoms with E-state index in [0.29, 0.717) is 15.7 Å². The van der Waals surface area contributed by atoms with Crippen molar-refractivity contribution in [2.24, 2.45) is 0 Å². The first-order valence-corrected chi connectivity index (χ1v) is 8.62. The van der Waals surface area contributed by atoms with Crippen molar-refractivity contribution < 1.29 is 9.59 Å². The second kappa shape index (κ2) is 6.71. The Morgan fingerprint density at radius 3 is 2.30 bits per heavy atom. The molecule has 2 aliphatic rings. The van der Waals surface area contributed by atoms with Gasteiger partial charge in [-0.15, -0.1) is 0 Å². The average Bonchev–Trinajstić information content (AvgIpc) is 2.75. The predicted molar refractivity (Wildman–Crippen MR) is 91.7 cm³/mol. The lowest BCUT2D eigenvalue weighted by molar-refractivity contribution is -0.140. The molecule has 0 atom stereocenters. The zero-order chi connectivity index (χ0) is 16.6. The molecule has 23 heavy (non-hydrogen) atoms. The van der Waals surface area contributed by atoms with Crippen LogP contribution in [0.3, 0.4) is 0 Å². The summed E-state index contributed by atoms with van der Waals surface area (Å²) in [7, 11) is 0. The Morgan fingerprint density at radius 1 is 0.957 bits per heavy atom. The first kappa shape index (κ1) is 16.6. The largest absolute Gasteiger partial charge is 0.350 e. The molecule has 1 saturated carbocycles. The molecule has 3 rings (SSSR count). The highest BCUT2D eigenvalue weighted by atomic mass is 35.5. The van der Waals surface area contributed by atoms with Gasteiger partial charge in [0.25, 0.3) is 11.8 Å². The first-order valence-electron chi connectivity index (χ1n) is 7.49. The molecule has 1 aromatic rings. The van der Waals surface area contributed by atoms with Crippen LogP contribution >= 0.6 is 34.8 Å². The molecule has 0 radical (unpaired) electrons. The van der Waals surface area contributed by atoms with E-state index < -0.39 is 5.91 Å². The van der Waals surface area contributed by atoms with Crippen LogP contribution in [0.2, 0.25) is 10.0 Å². The average molecular weight is 374 g/mol. The van der Waals surface area contributed by atoms with Crippen LogP contribution in [-0.2, 0) is 9.59 Å². The molecule has 0 bridgehead atoms. The topological polar surface area (TPSA) is 49.4 Å². The van der Waals surface area contributed by atoms with Crippen molar-refractivity contribution >= 4 is 52.3 Å². The number of halogens is 3. The first-order chi connectivity index (χ1) is 11.0. The third-order valence-electron chi connectivity index (χ3n) is 4.19. The van der Waals surface area contributed by atoms with Crippen molar-refractivity contribution in [1.29, 1.82) is 0 Å². The second-order valence-corrected chi connectivity index (χ2v) is 6.91. The van der Waals surface area contributed by atoms with Gasteiger partial charge in [-0.3, -0.25) is 14.5 Å². The third-order valence-corrected chi connectivity index (χ3v) is 5.28. The van der Waals surface area contributed by atoms with Crippen molar-refractivity contribution in [1.82, 2.24) is 4.90 Å². The van der Waals surface area contributed by atoms with Gasteiger partial charge in [0.1, 0.15) is 10.7 Å². The minimum Gasteiger partial charge on any atom is -0.350 e. The van der Waals surface area contributed by atoms with E-state index in [-0.39, 0.29) is 22.7 Å². The monoisotopic (exact) mass is 372 g/mol. The van der Waals surface area contributed by atoms with Crippen molar-refractivity contribution in [3.05, 3.63) is 39.0 Å². The molecule has 0 unspecified atom stereocenters. The molecule has 0 saturated heterocycles. The highest BCUT2D eigenvalue weighted by Gasteiger charge is 2.42. The maximum atomic E-state index is 12.6. The number of amides is 2. The van der Waals surface area contributed by atoms with Crippen molar-refractivity contribution in [3.63, 3.8) is 0 Å². The van der Waals surface area contributed by atoms with Gasteiger partial charge in [0.2, 0.25) is 0 Å². The van der Waals surface area contributed by atoms with E-state index in [1.165, 1.54) is 4.90 Å². The zero-order valence-electron chi connectivity index (χ0n) is 12.2. The summed E-state index contributed by atoms with van der Waals surface area (Å²) in [6, 6.07) is 4.81. The molecular formula is C16H15Cl3N2O2. The van der Waals surface area contributed by atoms with Crippen LogP contribution in [0.5, 0.6) is 0 Å². The second-order valence-electron chi connectivity index (χ2n) is 5.72. The van der Waals surface area contributed by atoms with Gasteiger partial charge in [0, 0.05) is 11.7 Å². The summed E-state index contributed by atoms with van der Waals surface area (Å²) >= 11 is 17.9. The molecule has 1 aliphatic heterocycles. The highest BCUT2D eigenvalue weighted by Crippen LogP contribution is 2.33. The van der Waals surface area contributed by atoms with Crippen LogP contribution in [0.1, 0.15) is 32.1 Å². The van der Waals surface area contributed by atoms with Gasteiger partial charge in [-0.1, -0.05) is 54.1 Å². The zero-order valence-corrected chi connectivity index (χ0v) is 14.5. The summed E-state index contributed by atoms with van der Waals surface area (Å²) in [6.07, 6.45) is 4.86. The fourth-order valence-electron chi connectivity index (χ4n) is 3.02. The SMILES string of the molecule is O=C1C(Cl)=C(Nc2ccc(Cl)c(Cl)c2)C(=O)N1C1CCCCC1. The lowest BCUT2D eigenvalue weighted by atomic mass is 9.94. The lowest BCUT2D eigenvalue weighted by Gasteiger charge is -2.29. The van der Waals surface area contributed by atoms with Crippen molar-refractivity contribution in [3.8, 4) is 0 Å². The summed E-state index contributed by atoms with van der Waals surface area (Å²) in [5, 5.41) is 3.59. The highest BCUT2D eigenvalue weighted by molar-refractivity contribution is 6.48. The van der Waals surface area contributed by atoms with Crippen LogP contribution in [-0.4, -0.2) is 22.8 Å². The Balaban J connectivity index is 1.82. The molecule has 1 aliphatic carbocycles. The van der Waals surface area contributed by atoms with E-state index in [9.17, 15) is 9.59 Å². The van der Waals surface area contributed by atoms with Crippen LogP contribution < -0.4 is 5.32 Å². The van der Waals surface area contributed by atoms with Crippen LogP contribution in [0.25, 0.3) is 0 Å². The van der Waals surface area contributed by atoms with Gasteiger partial charge in [-0.2, -0.15) is 0 Å². The van der Waals surface area contributed by atoms with E-state index >= 15 is 0 Å². The van der Waals surface area contributed by atoms with E-state index in [2.05, 4.69) is 5.32 Å². The number of anilines is 1. The number of nitrogens with zero attached hydrogens (tertiary/aromatic N) is 1. The number of carbonyl (C=O) groups excluding carboxylic acids is 2. The Morgan fingerprint density at radius 2 is 1.65 bits per heavy atom. The Hall–Kier alpha value is -1.23. The number of hydrogen-bond acceptors (Lipinski definition) is 3. The van der Waals surface area contributed by atoms with Gasteiger partial charge >= 0.3 is 0 Å². The molecule has 1 aromatic carbocycles. The third kappa shape index (κ3) is 3.21. The Labute approximate surface area is 149 Å². The number of carbonyl (C=O) groups is 2. The predicted octanol–water partition coefficient (Wildman–Crippen LogP) is 4.56. The Kier molecular flexibility index (Phi) is 4.85. The van der Waals surface area contributed by atoms with Gasteiger partial charge in [-0.25, -0.2) is 0 Å². The maximum Gasteiger partial charge on any atom is 0.279 e. The molecule has 0 spiro atoms. The van der Waals surface area contributed by atoms with Gasteiger partial charge in [0.05, 0.1) is 10.0 Å². The normalized spacial score (nSPS) is 19.7. The molecule has 2 amide bonds. The molecule has 122 valence electrons. The number of rotatable bonds is 3. The molecular weight excluding hydrogens is 359 g/mol. The van der Waals surface area contributed by atoms with Crippen LogP contribution in [0, 0.1) is 0 Å². The molecule has 1 N–H and O–H groups in total. The van der Waals surface area contributed by atoms with E-state index in [1.807, 2.05) is 0 Å². The van der Waals surface area contributed by atoms with Crippen LogP contribution in [0.4, 0.5) is 5.69 Å². The minimum absolute atomic E-state index is 0.0643. The molecule has 7 heteroatoms.